The molecule has 2 aromatic carbocycles. The van der Waals surface area contributed by atoms with Crippen LogP contribution in [0.3, 0.4) is 0 Å². The lowest BCUT2D eigenvalue weighted by Gasteiger charge is -2.23. The fourth-order valence-electron chi connectivity index (χ4n) is 4.20. The van der Waals surface area contributed by atoms with Crippen LogP contribution in [0.15, 0.2) is 54.7 Å². The van der Waals surface area contributed by atoms with E-state index in [4.69, 9.17) is 32.9 Å². The van der Waals surface area contributed by atoms with Gasteiger partial charge in [0, 0.05) is 29.8 Å². The van der Waals surface area contributed by atoms with Gasteiger partial charge in [-0.25, -0.2) is 9.50 Å². The maximum atomic E-state index is 13.0. The van der Waals surface area contributed by atoms with Crippen LogP contribution < -0.4 is 0 Å². The van der Waals surface area contributed by atoms with Crippen LogP contribution in [0, 0.1) is 0 Å². The van der Waals surface area contributed by atoms with Crippen molar-refractivity contribution in [3.05, 3.63) is 87.3 Å². The molecule has 0 saturated carbocycles. The van der Waals surface area contributed by atoms with Gasteiger partial charge in [-0.15, -0.1) is 0 Å². The Bertz CT molecular complexity index is 1280. The third-order valence-corrected chi connectivity index (χ3v) is 6.19. The second kappa shape index (κ2) is 8.08. The molecule has 1 atom stereocenters. The average molecular weight is 452 g/mol. The predicted octanol–water partition coefficient (Wildman–Crippen LogP) is 5.76. The van der Waals surface area contributed by atoms with Crippen molar-refractivity contribution in [3.63, 3.8) is 0 Å². The number of fused-ring (bicyclic) bond motifs is 2. The Hall–Kier alpha value is -2.73. The topological polar surface area (TPSA) is 56.5 Å². The molecule has 7 heteroatoms. The van der Waals surface area contributed by atoms with Crippen LogP contribution in [0.5, 0.6) is 0 Å². The average Bonchev–Trinajstić information content (AvgIpc) is 3.11. The first-order valence-electron chi connectivity index (χ1n) is 9.98. The minimum Gasteiger partial charge on any atom is -0.378 e. The molecule has 0 radical (unpaired) electrons. The zero-order chi connectivity index (χ0) is 21.5. The third kappa shape index (κ3) is 3.74. The molecule has 31 heavy (non-hydrogen) atoms. The molecule has 4 aromatic rings. The van der Waals surface area contributed by atoms with Gasteiger partial charge in [0.2, 0.25) is 0 Å². The molecule has 1 unspecified atom stereocenters. The summed E-state index contributed by atoms with van der Waals surface area (Å²) in [4.78, 5) is 17.9. The maximum Gasteiger partial charge on any atom is 0.166 e. The fourth-order valence-corrected chi connectivity index (χ4v) is 4.45. The van der Waals surface area contributed by atoms with Crippen molar-refractivity contribution in [2.45, 2.75) is 25.4 Å². The van der Waals surface area contributed by atoms with Gasteiger partial charge in [-0.05, 0) is 47.7 Å². The highest BCUT2D eigenvalue weighted by Crippen LogP contribution is 2.35. The number of Topliss-reactive ketones (excluding diaryl/α,β-unsaturated/α-hetero) is 1. The summed E-state index contributed by atoms with van der Waals surface area (Å²) in [6.07, 6.45) is 2.93. The Balaban J connectivity index is 1.64. The number of ketones is 1. The van der Waals surface area contributed by atoms with Gasteiger partial charge in [-0.3, -0.25) is 4.79 Å². The summed E-state index contributed by atoms with van der Waals surface area (Å²) in [5.74, 6) is 0.153. The molecule has 0 saturated heterocycles. The lowest BCUT2D eigenvalue weighted by atomic mass is 9.82. The van der Waals surface area contributed by atoms with E-state index in [-0.39, 0.29) is 11.7 Å². The first-order chi connectivity index (χ1) is 15.0. The molecule has 0 fully saturated rings. The van der Waals surface area contributed by atoms with E-state index in [1.165, 1.54) is 0 Å². The molecule has 156 valence electrons. The van der Waals surface area contributed by atoms with Crippen molar-refractivity contribution >= 4 is 34.6 Å². The van der Waals surface area contributed by atoms with Crippen LogP contribution in [0.1, 0.15) is 39.6 Å². The smallest absolute Gasteiger partial charge is 0.166 e. The quantitative estimate of drug-likeness (QED) is 0.395. The molecular formula is C24H19Cl2N3O2. The van der Waals surface area contributed by atoms with Crippen LogP contribution in [0.4, 0.5) is 0 Å². The zero-order valence-electron chi connectivity index (χ0n) is 16.8. The van der Waals surface area contributed by atoms with Crippen LogP contribution in [-0.2, 0) is 17.8 Å². The van der Waals surface area contributed by atoms with Crippen LogP contribution >= 0.6 is 23.2 Å². The van der Waals surface area contributed by atoms with Gasteiger partial charge in [0.05, 0.1) is 29.1 Å². The Labute approximate surface area is 189 Å². The summed E-state index contributed by atoms with van der Waals surface area (Å²) in [6, 6.07) is 15.3. The van der Waals surface area contributed by atoms with Crippen molar-refractivity contribution in [2.24, 2.45) is 0 Å². The number of nitrogens with zero attached hydrogens (tertiary/aromatic N) is 3. The van der Waals surface area contributed by atoms with Gasteiger partial charge in [-0.2, -0.15) is 5.10 Å². The fraction of sp³-hybridized carbons (Fsp3) is 0.208. The van der Waals surface area contributed by atoms with Crippen molar-refractivity contribution in [1.82, 2.24) is 14.6 Å². The molecule has 0 N–H and O–H groups in total. The van der Waals surface area contributed by atoms with Gasteiger partial charge < -0.3 is 4.74 Å². The predicted molar refractivity (Wildman–Crippen MR) is 121 cm³/mol. The Morgan fingerprint density at radius 1 is 1.03 bits per heavy atom. The van der Waals surface area contributed by atoms with E-state index in [1.54, 1.807) is 17.8 Å². The molecule has 5 rings (SSSR count). The number of carbonyl (C=O) groups is 1. The third-order valence-electron chi connectivity index (χ3n) is 5.69. The van der Waals surface area contributed by atoms with Gasteiger partial charge in [-0.1, -0.05) is 47.5 Å². The molecule has 2 aromatic heterocycles. The van der Waals surface area contributed by atoms with E-state index in [1.807, 2.05) is 48.5 Å². The number of hydrogen-bond acceptors (Lipinski definition) is 4. The van der Waals surface area contributed by atoms with Crippen LogP contribution in [0.2, 0.25) is 10.0 Å². The molecule has 5 nitrogen and oxygen atoms in total. The molecule has 1 aliphatic rings. The lowest BCUT2D eigenvalue weighted by Crippen LogP contribution is -2.21. The molecule has 0 bridgehead atoms. The largest absolute Gasteiger partial charge is 0.378 e. The van der Waals surface area contributed by atoms with Crippen molar-refractivity contribution in [1.29, 1.82) is 0 Å². The van der Waals surface area contributed by atoms with E-state index in [9.17, 15) is 4.79 Å². The van der Waals surface area contributed by atoms with E-state index in [0.717, 1.165) is 28.1 Å². The second-order valence-corrected chi connectivity index (χ2v) is 8.58. The Morgan fingerprint density at radius 2 is 1.71 bits per heavy atom. The monoisotopic (exact) mass is 451 g/mol. The minimum absolute atomic E-state index is 0.0763. The molecule has 0 amide bonds. The van der Waals surface area contributed by atoms with E-state index < -0.39 is 0 Å². The van der Waals surface area contributed by atoms with Crippen molar-refractivity contribution in [3.8, 4) is 11.1 Å². The van der Waals surface area contributed by atoms with Gasteiger partial charge in [0.1, 0.15) is 0 Å². The number of ether oxygens (including phenoxy) is 1. The summed E-state index contributed by atoms with van der Waals surface area (Å²) >= 11 is 12.1. The first kappa shape index (κ1) is 20.2. The highest BCUT2D eigenvalue weighted by molar-refractivity contribution is 6.30. The normalized spacial score (nSPS) is 16.0. The summed E-state index contributed by atoms with van der Waals surface area (Å²) in [7, 11) is 1.63. The van der Waals surface area contributed by atoms with Crippen molar-refractivity contribution in [2.75, 3.05) is 7.11 Å². The molecule has 1 aliphatic carbocycles. The first-order valence-corrected chi connectivity index (χ1v) is 10.7. The minimum atomic E-state index is 0.0763. The Morgan fingerprint density at radius 3 is 2.39 bits per heavy atom. The zero-order valence-corrected chi connectivity index (χ0v) is 18.3. The SMILES string of the molecule is COCc1nn2cc3c(nc2c1-c1ccc(Cl)cc1)CC(c1ccc(Cl)cc1)CC3=O. The van der Waals surface area contributed by atoms with Gasteiger partial charge >= 0.3 is 0 Å². The number of methoxy groups -OCH3 is 1. The number of halogens is 2. The molecule has 0 spiro atoms. The van der Waals surface area contributed by atoms with E-state index >= 15 is 0 Å². The highest BCUT2D eigenvalue weighted by atomic mass is 35.5. The molecular weight excluding hydrogens is 433 g/mol. The summed E-state index contributed by atoms with van der Waals surface area (Å²) < 4.78 is 7.06. The maximum absolute atomic E-state index is 13.0. The van der Waals surface area contributed by atoms with Crippen molar-refractivity contribution < 1.29 is 9.53 Å². The molecule has 2 heterocycles. The second-order valence-electron chi connectivity index (χ2n) is 7.71. The van der Waals surface area contributed by atoms with Crippen LogP contribution in [0.25, 0.3) is 16.8 Å². The summed E-state index contributed by atoms with van der Waals surface area (Å²) in [6.45, 7) is 0.341. The Kier molecular flexibility index (Phi) is 5.26. The number of hydrogen-bond donors (Lipinski definition) is 0. The number of rotatable bonds is 4. The molecule has 0 aliphatic heterocycles. The highest BCUT2D eigenvalue weighted by Gasteiger charge is 2.29. The van der Waals surface area contributed by atoms with E-state index in [0.29, 0.717) is 40.7 Å². The number of benzene rings is 2. The van der Waals surface area contributed by atoms with Crippen LogP contribution in [-0.4, -0.2) is 27.5 Å². The summed E-state index contributed by atoms with van der Waals surface area (Å²) in [5.41, 5.74) is 5.84. The van der Waals surface area contributed by atoms with Gasteiger partial charge in [0.15, 0.2) is 11.4 Å². The number of aromatic nitrogens is 3. The van der Waals surface area contributed by atoms with Gasteiger partial charge in [0.25, 0.3) is 0 Å². The standard InChI is InChI=1S/C24H19Cl2N3O2/c1-31-13-21-23(15-4-8-18(26)9-5-15)24-27-20-10-16(14-2-6-17(25)7-3-14)11-22(30)19(20)12-29(24)28-21/h2-9,12,16H,10-11,13H2,1H3. The van der Waals surface area contributed by atoms with E-state index in [2.05, 4.69) is 5.10 Å². The lowest BCUT2D eigenvalue weighted by molar-refractivity contribution is 0.0962. The number of carbonyl (C=O) groups excluding carboxylic acids is 1. The summed E-state index contributed by atoms with van der Waals surface area (Å²) in [5, 5.41) is 6.01.